The van der Waals surface area contributed by atoms with Crippen molar-refractivity contribution in [2.45, 2.75) is 105 Å². The average molecular weight is 677 g/mol. The van der Waals surface area contributed by atoms with Gasteiger partial charge in [-0.3, -0.25) is 4.79 Å². The number of carbonyl (C=O) groups is 1. The molecule has 3 rings (SSSR count). The Morgan fingerprint density at radius 2 is 1.02 bits per heavy atom. The maximum Gasteiger partial charge on any atom is 0.310 e. The molecule has 0 N–H and O–H groups in total. The highest BCUT2D eigenvalue weighted by molar-refractivity contribution is 6.73. The molecule has 264 valence electrons. The van der Waals surface area contributed by atoms with Crippen LogP contribution in [0.1, 0.15) is 65.2 Å². The van der Waals surface area contributed by atoms with Crippen LogP contribution < -0.4 is 0 Å². The number of carbonyl (C=O) groups excluding carboxylic acids is 1. The van der Waals surface area contributed by atoms with Crippen LogP contribution in [-0.4, -0.2) is 46.3 Å². The van der Waals surface area contributed by atoms with Gasteiger partial charge in [-0.15, -0.1) is 0 Å². The molecule has 0 bridgehead atoms. The van der Waals surface area contributed by atoms with E-state index < -0.39 is 14.2 Å². The lowest BCUT2D eigenvalue weighted by Gasteiger charge is -2.43. The normalized spacial score (nSPS) is 16.3. The second kappa shape index (κ2) is 20.6. The first-order chi connectivity index (χ1) is 23.2. The van der Waals surface area contributed by atoms with Gasteiger partial charge in [0, 0.05) is 17.8 Å². The summed E-state index contributed by atoms with van der Waals surface area (Å²) in [7, 11) is -0.645. The Kier molecular flexibility index (Phi) is 17.0. The van der Waals surface area contributed by atoms with E-state index in [1.807, 2.05) is 61.5 Å². The molecule has 0 amide bonds. The number of rotatable bonds is 22. The first kappa shape index (κ1) is 39.6. The number of ether oxygens (including phenoxy) is 4. The lowest BCUT2D eigenvalue weighted by Crippen LogP contribution is -2.52. The predicted octanol–water partition coefficient (Wildman–Crippen LogP) is 9.48. The minimum Gasteiger partial charge on any atom is -0.469 e. The average Bonchev–Trinajstić information content (AvgIpc) is 3.13. The van der Waals surface area contributed by atoms with Gasteiger partial charge in [0.1, 0.15) is 0 Å². The highest BCUT2D eigenvalue weighted by Crippen LogP contribution is 2.36. The van der Waals surface area contributed by atoms with Gasteiger partial charge in [0.25, 0.3) is 0 Å². The smallest absolute Gasteiger partial charge is 0.310 e. The monoisotopic (exact) mass is 676 g/mol. The topological polar surface area (TPSA) is 63.2 Å². The van der Waals surface area contributed by atoms with Crippen LogP contribution in [0.25, 0.3) is 0 Å². The number of hydrogen-bond acceptors (Lipinski definition) is 6. The van der Waals surface area contributed by atoms with Crippen LogP contribution in [0.2, 0.25) is 18.1 Å². The van der Waals surface area contributed by atoms with Crippen molar-refractivity contribution in [3.63, 3.8) is 0 Å². The molecule has 0 fully saturated rings. The summed E-state index contributed by atoms with van der Waals surface area (Å²) in [5, 5.41) is 0. The second-order valence-electron chi connectivity index (χ2n) is 13.4. The third kappa shape index (κ3) is 11.7. The molecule has 0 aromatic heterocycles. The molecule has 0 saturated heterocycles. The summed E-state index contributed by atoms with van der Waals surface area (Å²) in [5.41, 5.74) is 3.36. The van der Waals surface area contributed by atoms with Gasteiger partial charge in [0.15, 0.2) is 8.32 Å². The van der Waals surface area contributed by atoms with Crippen LogP contribution >= 0.6 is 0 Å². The predicted molar refractivity (Wildman–Crippen MR) is 197 cm³/mol. The van der Waals surface area contributed by atoms with E-state index in [9.17, 15) is 4.79 Å². The minimum absolute atomic E-state index is 0.0559. The Morgan fingerprint density at radius 1 is 0.604 bits per heavy atom. The third-order valence-electron chi connectivity index (χ3n) is 10.1. The van der Waals surface area contributed by atoms with Crippen LogP contribution in [0.3, 0.4) is 0 Å². The Balaban J connectivity index is 1.98. The number of esters is 1. The van der Waals surface area contributed by atoms with Gasteiger partial charge in [-0.1, -0.05) is 133 Å². The first-order valence-corrected chi connectivity index (χ1v) is 20.4. The zero-order valence-corrected chi connectivity index (χ0v) is 31.6. The Hall–Kier alpha value is -2.81. The summed E-state index contributed by atoms with van der Waals surface area (Å²) in [6, 6.07) is 33.8. The molecule has 0 heterocycles. The fraction of sp³-hybridized carbons (Fsp3) is 0.537. The highest BCUT2D eigenvalue weighted by Gasteiger charge is 2.44. The van der Waals surface area contributed by atoms with Crippen molar-refractivity contribution in [2.75, 3.05) is 13.7 Å². The van der Waals surface area contributed by atoms with E-state index >= 15 is 0 Å². The van der Waals surface area contributed by atoms with E-state index in [0.717, 1.165) is 34.8 Å². The van der Waals surface area contributed by atoms with Crippen LogP contribution in [0.5, 0.6) is 0 Å². The van der Waals surface area contributed by atoms with Gasteiger partial charge in [0.2, 0.25) is 0 Å². The molecule has 0 spiro atoms. The lowest BCUT2D eigenvalue weighted by molar-refractivity contribution is -0.155. The molecule has 6 nitrogen and oxygen atoms in total. The summed E-state index contributed by atoms with van der Waals surface area (Å²) in [5.74, 6) is -0.830. The molecule has 3 aromatic carbocycles. The molecule has 0 aliphatic carbocycles. The lowest BCUT2D eigenvalue weighted by atomic mass is 9.79. The summed E-state index contributed by atoms with van der Waals surface area (Å²) < 4.78 is 32.5. The van der Waals surface area contributed by atoms with Crippen LogP contribution in [0, 0.1) is 23.7 Å². The number of methoxy groups -OCH3 is 1. The van der Waals surface area contributed by atoms with Crippen molar-refractivity contribution in [3.8, 4) is 0 Å². The van der Waals surface area contributed by atoms with Gasteiger partial charge in [-0.05, 0) is 41.7 Å². The molecule has 7 atom stereocenters. The fourth-order valence-corrected chi connectivity index (χ4v) is 9.83. The first-order valence-electron chi connectivity index (χ1n) is 17.9. The van der Waals surface area contributed by atoms with E-state index in [-0.39, 0.29) is 42.0 Å². The van der Waals surface area contributed by atoms with Crippen LogP contribution in [-0.2, 0) is 48.0 Å². The van der Waals surface area contributed by atoms with E-state index in [1.54, 1.807) is 0 Å². The van der Waals surface area contributed by atoms with E-state index in [4.69, 9.17) is 23.4 Å². The quantitative estimate of drug-likeness (QED) is 0.0781. The SMILES string of the molecule is CC[Si](CC)(CC)O[C@H]([C@@H](C)[C@@H](OCc1ccccc1)[C@@H](C)[C@@H](OCc1ccccc1)[C@@H](C)COCc1ccccc1)[C@@H](C)C(=O)OC. The van der Waals surface area contributed by atoms with Gasteiger partial charge >= 0.3 is 5.97 Å². The zero-order valence-electron chi connectivity index (χ0n) is 30.6. The molecule has 3 aromatic rings. The Labute approximate surface area is 291 Å². The maximum absolute atomic E-state index is 13.1. The summed E-state index contributed by atoms with van der Waals surface area (Å²) in [6.07, 6.45) is -0.840. The fourth-order valence-electron chi connectivity index (χ4n) is 6.83. The molecule has 0 radical (unpaired) electrons. The van der Waals surface area contributed by atoms with Crippen molar-refractivity contribution < 1.29 is 28.2 Å². The molecule has 0 aliphatic rings. The molecule has 48 heavy (non-hydrogen) atoms. The molecule has 0 aliphatic heterocycles. The van der Waals surface area contributed by atoms with Gasteiger partial charge in [0.05, 0.1) is 57.8 Å². The van der Waals surface area contributed by atoms with Crippen molar-refractivity contribution >= 4 is 14.3 Å². The number of benzene rings is 3. The molecule has 0 unspecified atom stereocenters. The number of hydrogen-bond donors (Lipinski definition) is 0. The highest BCUT2D eigenvalue weighted by atomic mass is 28.4. The zero-order chi connectivity index (χ0) is 34.9. The van der Waals surface area contributed by atoms with Crippen molar-refractivity contribution in [1.82, 2.24) is 0 Å². The summed E-state index contributed by atoms with van der Waals surface area (Å²) >= 11 is 0. The van der Waals surface area contributed by atoms with Gasteiger partial charge in [-0.2, -0.15) is 0 Å². The molecular weight excluding hydrogens is 617 g/mol. The van der Waals surface area contributed by atoms with Crippen molar-refractivity contribution in [3.05, 3.63) is 108 Å². The minimum atomic E-state index is -2.10. The van der Waals surface area contributed by atoms with Gasteiger partial charge < -0.3 is 23.4 Å². The standard InChI is InChI=1S/C41H60O6Si/c1-9-48(10-2,11-3)47-40(34(7)41(42)43-8)33(6)39(46-30-37-25-19-14-20-26-37)32(5)38(45-29-36-23-17-13-18-24-36)31(4)27-44-28-35-21-15-12-16-22-35/h12-26,31-34,38-40H,9-11,27-30H2,1-8H3/t31-,32-,33-,34+,38-,39-,40+/m0/s1. The van der Waals surface area contributed by atoms with Crippen molar-refractivity contribution in [2.24, 2.45) is 23.7 Å². The maximum atomic E-state index is 13.1. The van der Waals surface area contributed by atoms with Gasteiger partial charge in [-0.25, -0.2) is 0 Å². The Morgan fingerprint density at radius 3 is 1.46 bits per heavy atom. The van der Waals surface area contributed by atoms with E-state index in [1.165, 1.54) is 7.11 Å². The van der Waals surface area contributed by atoms with E-state index in [2.05, 4.69) is 77.9 Å². The summed E-state index contributed by atoms with van der Waals surface area (Å²) in [6.45, 7) is 17.2. The molecule has 7 heteroatoms. The Bertz CT molecular complexity index is 1280. The third-order valence-corrected chi connectivity index (χ3v) is 14.7. The van der Waals surface area contributed by atoms with Crippen LogP contribution in [0.15, 0.2) is 91.0 Å². The summed E-state index contributed by atoms with van der Waals surface area (Å²) in [4.78, 5) is 13.1. The largest absolute Gasteiger partial charge is 0.469 e. The second-order valence-corrected chi connectivity index (χ2v) is 18.1. The molecular formula is C41H60O6Si. The molecule has 0 saturated carbocycles. The van der Waals surface area contributed by atoms with Crippen molar-refractivity contribution in [1.29, 1.82) is 0 Å². The van der Waals surface area contributed by atoms with E-state index in [0.29, 0.717) is 26.4 Å². The van der Waals surface area contributed by atoms with Crippen LogP contribution in [0.4, 0.5) is 0 Å².